The Hall–Kier alpha value is -3.68. The number of likely N-dealkylation sites (N-methyl/N-ethyl adjacent to an activating group) is 1. The van der Waals surface area contributed by atoms with Crippen LogP contribution in [-0.4, -0.2) is 62.8 Å². The number of aromatic nitrogens is 3. The van der Waals surface area contributed by atoms with Crippen LogP contribution in [0.1, 0.15) is 18.9 Å². The number of hydrogen-bond acceptors (Lipinski definition) is 9. The highest BCUT2D eigenvalue weighted by Gasteiger charge is 2.71. The Morgan fingerprint density at radius 3 is 2.79 bits per heavy atom. The standard InChI is InChI=1S/C24H23F4N7O2S/c1-23(15-8-24(15,21(27)28)38-22(29)34-23)12-6-11(7-13(25)18(12)26)32-20-19-14(4-5-30-20)33-16(9-31-19)37-10-17(36)35(2)3/h4-7,9,15,21H,8,10H2,1-3H3,(H2,29,34)(H,30,32)/t15?,23-,24+/m1/s1. The van der Waals surface area contributed by atoms with Gasteiger partial charge < -0.3 is 20.7 Å². The third-order valence-corrected chi connectivity index (χ3v) is 8.06. The number of nitrogens with one attached hydrogen (secondary N) is 1. The number of anilines is 2. The number of ether oxygens (including phenoxy) is 1. The van der Waals surface area contributed by atoms with Gasteiger partial charge in [-0.25, -0.2) is 32.5 Å². The number of pyridine rings is 1. The summed E-state index contributed by atoms with van der Waals surface area (Å²) in [7, 11) is 3.19. The van der Waals surface area contributed by atoms with E-state index in [1.165, 1.54) is 30.3 Å². The van der Waals surface area contributed by atoms with E-state index in [0.29, 0.717) is 11.0 Å². The van der Waals surface area contributed by atoms with E-state index in [4.69, 9.17) is 10.5 Å². The molecule has 1 saturated carbocycles. The molecule has 1 aromatic carbocycles. The fourth-order valence-electron chi connectivity index (χ4n) is 4.63. The maximum absolute atomic E-state index is 15.1. The lowest BCUT2D eigenvalue weighted by Gasteiger charge is -2.34. The normalized spacial score (nSPS) is 24.1. The minimum absolute atomic E-state index is 0.0692. The molecule has 0 saturated heterocycles. The fraction of sp³-hybridized carbons (Fsp3) is 0.375. The summed E-state index contributed by atoms with van der Waals surface area (Å²) in [5, 5.41) is 2.81. The van der Waals surface area contributed by atoms with E-state index in [2.05, 4.69) is 25.3 Å². The minimum atomic E-state index is -2.70. The summed E-state index contributed by atoms with van der Waals surface area (Å²) in [4.78, 5) is 30.3. The van der Waals surface area contributed by atoms with Gasteiger partial charge in [0.2, 0.25) is 5.88 Å². The number of nitrogens with zero attached hydrogens (tertiary/aromatic N) is 5. The highest BCUT2D eigenvalue weighted by molar-refractivity contribution is 8.15. The van der Waals surface area contributed by atoms with Crippen molar-refractivity contribution >= 4 is 45.4 Å². The monoisotopic (exact) mass is 549 g/mol. The average Bonchev–Trinajstić information content (AvgIpc) is 3.61. The van der Waals surface area contributed by atoms with Crippen LogP contribution in [0.15, 0.2) is 35.6 Å². The van der Waals surface area contributed by atoms with Crippen LogP contribution in [0.3, 0.4) is 0 Å². The van der Waals surface area contributed by atoms with Gasteiger partial charge >= 0.3 is 0 Å². The zero-order chi connectivity index (χ0) is 27.4. The molecule has 5 rings (SSSR count). The molecule has 3 atom stereocenters. The molecule has 0 bridgehead atoms. The Morgan fingerprint density at radius 2 is 2.08 bits per heavy atom. The average molecular weight is 550 g/mol. The molecular weight excluding hydrogens is 526 g/mol. The molecule has 1 aliphatic heterocycles. The second kappa shape index (κ2) is 9.26. The van der Waals surface area contributed by atoms with Gasteiger partial charge in [-0.05, 0) is 25.5 Å². The Kier molecular flexibility index (Phi) is 6.32. The van der Waals surface area contributed by atoms with Crippen LogP contribution >= 0.6 is 11.8 Å². The van der Waals surface area contributed by atoms with Crippen molar-refractivity contribution in [1.29, 1.82) is 0 Å². The number of amidine groups is 1. The minimum Gasteiger partial charge on any atom is -0.466 e. The SMILES string of the molecule is CN(C)C(=O)COc1cnc2c(Nc3cc(F)c(F)c([C@@]4(C)N=C(N)S[C@@]5(C(F)F)CC54)c3)nccc2n1. The highest BCUT2D eigenvalue weighted by Crippen LogP contribution is 2.68. The molecule has 1 unspecified atom stereocenters. The largest absolute Gasteiger partial charge is 0.466 e. The second-order valence-corrected chi connectivity index (χ2v) is 10.9. The number of carbonyl (C=O) groups is 1. The van der Waals surface area contributed by atoms with E-state index < -0.39 is 34.3 Å². The maximum atomic E-state index is 15.1. The molecule has 2 aromatic heterocycles. The first-order valence-corrected chi connectivity index (χ1v) is 12.3. The Morgan fingerprint density at radius 1 is 1.32 bits per heavy atom. The van der Waals surface area contributed by atoms with E-state index >= 15 is 4.39 Å². The van der Waals surface area contributed by atoms with Gasteiger partial charge in [-0.3, -0.25) is 9.79 Å². The van der Waals surface area contributed by atoms with Crippen molar-refractivity contribution in [3.8, 4) is 5.88 Å². The van der Waals surface area contributed by atoms with Crippen molar-refractivity contribution in [2.24, 2.45) is 16.6 Å². The van der Waals surface area contributed by atoms with Crippen LogP contribution in [0.5, 0.6) is 5.88 Å². The number of hydrogen-bond donors (Lipinski definition) is 2. The number of carbonyl (C=O) groups excluding carboxylic acids is 1. The molecule has 3 N–H and O–H groups in total. The molecule has 1 aliphatic carbocycles. The van der Waals surface area contributed by atoms with Crippen molar-refractivity contribution in [2.75, 3.05) is 26.0 Å². The van der Waals surface area contributed by atoms with Gasteiger partial charge in [0.05, 0.1) is 22.0 Å². The Bertz CT molecular complexity index is 1470. The molecule has 1 amide bonds. The summed E-state index contributed by atoms with van der Waals surface area (Å²) >= 11 is 0.783. The van der Waals surface area contributed by atoms with Gasteiger partial charge in [-0.2, -0.15) is 0 Å². The van der Waals surface area contributed by atoms with Crippen molar-refractivity contribution in [3.63, 3.8) is 0 Å². The predicted octanol–water partition coefficient (Wildman–Crippen LogP) is 3.81. The summed E-state index contributed by atoms with van der Waals surface area (Å²) in [6.45, 7) is 1.26. The van der Waals surface area contributed by atoms with Gasteiger partial charge in [0, 0.05) is 43.5 Å². The summed E-state index contributed by atoms with van der Waals surface area (Å²) in [6.07, 6.45) is 0.110. The number of amides is 1. The van der Waals surface area contributed by atoms with Crippen LogP contribution in [0, 0.1) is 17.6 Å². The molecule has 14 heteroatoms. The molecule has 9 nitrogen and oxygen atoms in total. The number of benzene rings is 1. The molecule has 0 spiro atoms. The molecule has 3 heterocycles. The van der Waals surface area contributed by atoms with Crippen LogP contribution in [0.4, 0.5) is 29.1 Å². The fourth-order valence-corrected chi connectivity index (χ4v) is 5.96. The Labute approximate surface area is 218 Å². The van der Waals surface area contributed by atoms with Crippen LogP contribution in [0.2, 0.25) is 0 Å². The van der Waals surface area contributed by atoms with Crippen molar-refractivity contribution < 1.29 is 27.1 Å². The second-order valence-electron chi connectivity index (χ2n) is 9.47. The topological polar surface area (TPSA) is 119 Å². The van der Waals surface area contributed by atoms with E-state index in [1.807, 2.05) is 0 Å². The first kappa shape index (κ1) is 25.9. The van der Waals surface area contributed by atoms with Gasteiger partial charge in [0.25, 0.3) is 12.3 Å². The lowest BCUT2D eigenvalue weighted by molar-refractivity contribution is -0.130. The van der Waals surface area contributed by atoms with Gasteiger partial charge in [-0.1, -0.05) is 11.8 Å². The maximum Gasteiger partial charge on any atom is 0.260 e. The molecule has 38 heavy (non-hydrogen) atoms. The summed E-state index contributed by atoms with van der Waals surface area (Å²) in [5.74, 6) is -3.05. The number of nitrogens with two attached hydrogens (primary N) is 1. The van der Waals surface area contributed by atoms with E-state index in [9.17, 15) is 18.0 Å². The molecule has 3 aromatic rings. The van der Waals surface area contributed by atoms with Crippen molar-refractivity contribution in [3.05, 3.63) is 47.8 Å². The van der Waals surface area contributed by atoms with E-state index in [0.717, 1.165) is 17.8 Å². The van der Waals surface area contributed by atoms with Gasteiger partial charge in [0.15, 0.2) is 29.2 Å². The molecule has 1 fully saturated rings. The third-order valence-electron chi connectivity index (χ3n) is 6.75. The summed E-state index contributed by atoms with van der Waals surface area (Å²) in [5.41, 5.74) is 4.95. The molecular formula is C24H23F4N7O2S. The first-order chi connectivity index (χ1) is 17.9. The third kappa shape index (κ3) is 4.36. The van der Waals surface area contributed by atoms with Gasteiger partial charge in [0.1, 0.15) is 5.52 Å². The summed E-state index contributed by atoms with van der Waals surface area (Å²) in [6, 6.07) is 3.82. The number of aliphatic imine (C=N–C) groups is 1. The molecule has 2 aliphatic rings. The quantitative estimate of drug-likeness (QED) is 0.427. The number of alkyl halides is 2. The zero-order valence-corrected chi connectivity index (χ0v) is 21.3. The number of rotatable bonds is 7. The number of halogens is 4. The lowest BCUT2D eigenvalue weighted by Crippen LogP contribution is -2.39. The predicted molar refractivity (Wildman–Crippen MR) is 135 cm³/mol. The smallest absolute Gasteiger partial charge is 0.260 e. The van der Waals surface area contributed by atoms with E-state index in [-0.39, 0.29) is 47.1 Å². The Balaban J connectivity index is 1.47. The van der Waals surface area contributed by atoms with E-state index in [1.54, 1.807) is 20.2 Å². The van der Waals surface area contributed by atoms with Crippen LogP contribution in [-0.2, 0) is 10.3 Å². The highest BCUT2D eigenvalue weighted by atomic mass is 32.2. The van der Waals surface area contributed by atoms with Crippen molar-refractivity contribution in [1.82, 2.24) is 19.9 Å². The first-order valence-electron chi connectivity index (χ1n) is 11.5. The van der Waals surface area contributed by atoms with Crippen LogP contribution < -0.4 is 15.8 Å². The lowest BCUT2D eigenvalue weighted by atomic mass is 9.85. The van der Waals surface area contributed by atoms with Crippen molar-refractivity contribution in [2.45, 2.75) is 30.1 Å². The number of thioether (sulfide) groups is 1. The molecule has 200 valence electrons. The zero-order valence-electron chi connectivity index (χ0n) is 20.5. The molecule has 0 radical (unpaired) electrons. The van der Waals surface area contributed by atoms with Gasteiger partial charge in [-0.15, -0.1) is 0 Å². The van der Waals surface area contributed by atoms with Crippen LogP contribution in [0.25, 0.3) is 11.0 Å². The number of fused-ring (bicyclic) bond motifs is 2. The summed E-state index contributed by atoms with van der Waals surface area (Å²) < 4.78 is 61.5.